The van der Waals surface area contributed by atoms with Gasteiger partial charge in [-0.25, -0.2) is 10.6 Å². The first-order chi connectivity index (χ1) is 8.02. The number of benzene rings is 1. The zero-order valence-corrected chi connectivity index (χ0v) is 9.46. The predicted molar refractivity (Wildman–Crippen MR) is 62.6 cm³/mol. The third-order valence-electron chi connectivity index (χ3n) is 2.05. The average molecular weight is 237 g/mol. The molecule has 0 aliphatic carbocycles. The van der Waals surface area contributed by atoms with Crippen LogP contribution >= 0.6 is 0 Å². The topological polar surface area (TPSA) is 102 Å². The maximum Gasteiger partial charge on any atom is 0.353 e. The van der Waals surface area contributed by atoms with Gasteiger partial charge in [-0.1, -0.05) is 12.1 Å². The largest absolute Gasteiger partial charge is 0.497 e. The van der Waals surface area contributed by atoms with Gasteiger partial charge in [-0.05, 0) is 17.7 Å². The van der Waals surface area contributed by atoms with Gasteiger partial charge in [-0.3, -0.25) is 0 Å². The highest BCUT2D eigenvalue weighted by molar-refractivity contribution is 5.85. The number of nitrogens with two attached hydrogens (primary N) is 2. The molecule has 1 aromatic rings. The van der Waals surface area contributed by atoms with Crippen molar-refractivity contribution >= 4 is 5.97 Å². The molecular weight excluding hydrogens is 222 g/mol. The zero-order chi connectivity index (χ0) is 12.8. The molecule has 0 saturated carbocycles. The number of aliphatic carboxylic acids is 1. The number of carbonyl (C=O) groups is 1. The maximum atomic E-state index is 10.5. The fraction of sp³-hybridized carbons (Fsp3) is 0.182. The number of rotatable bonds is 5. The molecule has 17 heavy (non-hydrogen) atoms. The first-order valence-corrected chi connectivity index (χ1v) is 4.87. The van der Waals surface area contributed by atoms with E-state index in [0.29, 0.717) is 12.3 Å². The summed E-state index contributed by atoms with van der Waals surface area (Å²) in [5.74, 6) is 5.12. The first kappa shape index (κ1) is 12.9. The van der Waals surface area contributed by atoms with Gasteiger partial charge in [0, 0.05) is 6.20 Å². The van der Waals surface area contributed by atoms with E-state index in [2.05, 4.69) is 0 Å². The molecule has 1 aromatic carbocycles. The number of carboxylic acid groups (broad SMARTS) is 1. The molecule has 6 heteroatoms. The van der Waals surface area contributed by atoms with Crippen molar-refractivity contribution in [1.29, 1.82) is 0 Å². The minimum atomic E-state index is -1.20. The van der Waals surface area contributed by atoms with Gasteiger partial charge in [-0.15, -0.1) is 0 Å². The van der Waals surface area contributed by atoms with Crippen LogP contribution in [0.15, 0.2) is 36.2 Å². The van der Waals surface area contributed by atoms with E-state index in [0.717, 1.165) is 5.56 Å². The van der Waals surface area contributed by atoms with Gasteiger partial charge in [0.1, 0.15) is 11.4 Å². The van der Waals surface area contributed by atoms with Gasteiger partial charge in [0.05, 0.1) is 13.7 Å². The number of nitrogens with zero attached hydrogens (tertiary/aromatic N) is 1. The van der Waals surface area contributed by atoms with Crippen molar-refractivity contribution in [2.24, 2.45) is 11.6 Å². The van der Waals surface area contributed by atoms with Crippen molar-refractivity contribution in [1.82, 2.24) is 5.01 Å². The first-order valence-electron chi connectivity index (χ1n) is 4.87. The number of methoxy groups -OCH3 is 1. The highest BCUT2D eigenvalue weighted by Gasteiger charge is 2.04. The molecule has 0 spiro atoms. The molecule has 0 amide bonds. The second-order valence-electron chi connectivity index (χ2n) is 3.41. The molecule has 5 N–H and O–H groups in total. The van der Waals surface area contributed by atoms with Crippen LogP contribution in [-0.2, 0) is 11.3 Å². The molecule has 92 valence electrons. The Labute approximate surface area is 99.0 Å². The highest BCUT2D eigenvalue weighted by atomic mass is 16.5. The zero-order valence-electron chi connectivity index (χ0n) is 9.46. The van der Waals surface area contributed by atoms with E-state index in [9.17, 15) is 4.79 Å². The molecule has 6 nitrogen and oxygen atoms in total. The van der Waals surface area contributed by atoms with Crippen molar-refractivity contribution in [2.75, 3.05) is 7.11 Å². The lowest BCUT2D eigenvalue weighted by Crippen LogP contribution is -2.27. The van der Waals surface area contributed by atoms with E-state index >= 15 is 0 Å². The minimum Gasteiger partial charge on any atom is -0.497 e. The summed E-state index contributed by atoms with van der Waals surface area (Å²) in [6.07, 6.45) is 1.17. The van der Waals surface area contributed by atoms with E-state index in [4.69, 9.17) is 21.4 Å². The summed E-state index contributed by atoms with van der Waals surface area (Å²) in [4.78, 5) is 10.5. The number of hydrogen-bond donors (Lipinski definition) is 3. The maximum absolute atomic E-state index is 10.5. The van der Waals surface area contributed by atoms with Crippen LogP contribution in [0.2, 0.25) is 0 Å². The Morgan fingerprint density at radius 2 is 2.29 bits per heavy atom. The third kappa shape index (κ3) is 4.04. The molecule has 0 atom stereocenters. The van der Waals surface area contributed by atoms with Gasteiger partial charge < -0.3 is 20.6 Å². The summed E-state index contributed by atoms with van der Waals surface area (Å²) in [5, 5.41) is 9.79. The minimum absolute atomic E-state index is 0.310. The monoisotopic (exact) mass is 237 g/mol. The fourth-order valence-corrected chi connectivity index (χ4v) is 1.26. The van der Waals surface area contributed by atoms with Gasteiger partial charge in [0.15, 0.2) is 0 Å². The van der Waals surface area contributed by atoms with Crippen molar-refractivity contribution in [3.63, 3.8) is 0 Å². The van der Waals surface area contributed by atoms with Crippen LogP contribution in [-0.4, -0.2) is 23.2 Å². The molecule has 0 saturated heterocycles. The number of carboxylic acids is 1. The molecule has 0 aliphatic rings. The SMILES string of the molecule is COc1cccc(CN(N)/C=C(\N)C(=O)O)c1. The Bertz CT molecular complexity index is 432. The van der Waals surface area contributed by atoms with Crippen LogP contribution in [0, 0.1) is 0 Å². The van der Waals surface area contributed by atoms with Crippen molar-refractivity contribution in [3.8, 4) is 5.75 Å². The third-order valence-corrected chi connectivity index (χ3v) is 2.05. The van der Waals surface area contributed by atoms with Crippen LogP contribution in [0.1, 0.15) is 5.56 Å². The molecule has 0 fully saturated rings. The Balaban J connectivity index is 2.70. The van der Waals surface area contributed by atoms with Gasteiger partial charge in [0.25, 0.3) is 0 Å². The predicted octanol–water partition coefficient (Wildman–Crippen LogP) is 0.256. The van der Waals surface area contributed by atoms with E-state index in [1.54, 1.807) is 7.11 Å². The smallest absolute Gasteiger partial charge is 0.353 e. The van der Waals surface area contributed by atoms with Crippen LogP contribution in [0.25, 0.3) is 0 Å². The Hall–Kier alpha value is -2.21. The quantitative estimate of drug-likeness (QED) is 0.385. The lowest BCUT2D eigenvalue weighted by atomic mass is 10.2. The summed E-state index contributed by atoms with van der Waals surface area (Å²) in [5.41, 5.74) is 5.82. The summed E-state index contributed by atoms with van der Waals surface area (Å²) < 4.78 is 5.06. The second-order valence-corrected chi connectivity index (χ2v) is 3.41. The summed E-state index contributed by atoms with van der Waals surface area (Å²) in [6, 6.07) is 7.30. The van der Waals surface area contributed by atoms with Crippen LogP contribution in [0.4, 0.5) is 0 Å². The summed E-state index contributed by atoms with van der Waals surface area (Å²) in [7, 11) is 1.57. The van der Waals surface area contributed by atoms with E-state index in [1.807, 2.05) is 24.3 Å². The highest BCUT2D eigenvalue weighted by Crippen LogP contribution is 2.13. The van der Waals surface area contributed by atoms with Gasteiger partial charge in [0.2, 0.25) is 0 Å². The van der Waals surface area contributed by atoms with Crippen LogP contribution in [0.3, 0.4) is 0 Å². The standard InChI is InChI=1S/C11H15N3O3/c1-17-9-4-2-3-8(5-9)6-14(13)7-10(12)11(15)16/h2-5,7H,6,12-13H2,1H3,(H,15,16)/b10-7-. The fourth-order valence-electron chi connectivity index (χ4n) is 1.26. The Kier molecular flexibility index (Phi) is 4.36. The van der Waals surface area contributed by atoms with Crippen molar-refractivity contribution in [2.45, 2.75) is 6.54 Å². The molecule has 0 aliphatic heterocycles. The molecule has 0 aromatic heterocycles. The average Bonchev–Trinajstić information content (AvgIpc) is 2.28. The lowest BCUT2D eigenvalue weighted by molar-refractivity contribution is -0.132. The van der Waals surface area contributed by atoms with Crippen LogP contribution in [0.5, 0.6) is 5.75 Å². The van der Waals surface area contributed by atoms with E-state index < -0.39 is 5.97 Å². The molecule has 0 bridgehead atoms. The van der Waals surface area contributed by atoms with Crippen molar-refractivity contribution < 1.29 is 14.6 Å². The summed E-state index contributed by atoms with van der Waals surface area (Å²) >= 11 is 0. The number of hydrazine groups is 1. The molecule has 0 unspecified atom stereocenters. The number of hydrogen-bond acceptors (Lipinski definition) is 5. The van der Waals surface area contributed by atoms with Crippen LogP contribution < -0.4 is 16.3 Å². The molecular formula is C11H15N3O3. The molecule has 1 rings (SSSR count). The van der Waals surface area contributed by atoms with E-state index in [1.165, 1.54) is 11.2 Å². The normalized spacial score (nSPS) is 11.1. The molecule has 0 radical (unpaired) electrons. The summed E-state index contributed by atoms with van der Waals surface area (Å²) in [6.45, 7) is 0.338. The number of ether oxygens (including phenoxy) is 1. The van der Waals surface area contributed by atoms with E-state index in [-0.39, 0.29) is 5.70 Å². The lowest BCUT2D eigenvalue weighted by Gasteiger charge is -2.14. The van der Waals surface area contributed by atoms with Crippen molar-refractivity contribution in [3.05, 3.63) is 41.7 Å². The second kappa shape index (κ2) is 5.76. The Morgan fingerprint density at radius 3 is 2.88 bits per heavy atom. The molecule has 0 heterocycles. The Morgan fingerprint density at radius 1 is 1.59 bits per heavy atom. The van der Waals surface area contributed by atoms with Gasteiger partial charge in [-0.2, -0.15) is 0 Å². The van der Waals surface area contributed by atoms with Gasteiger partial charge >= 0.3 is 5.97 Å².